The fourth-order valence-corrected chi connectivity index (χ4v) is 3.28. The molecule has 0 radical (unpaired) electrons. The van der Waals surface area contributed by atoms with Gasteiger partial charge in [-0.3, -0.25) is 4.90 Å². The van der Waals surface area contributed by atoms with Crippen molar-refractivity contribution < 1.29 is 4.74 Å². The van der Waals surface area contributed by atoms with Crippen LogP contribution in [0.2, 0.25) is 5.02 Å². The highest BCUT2D eigenvalue weighted by Crippen LogP contribution is 2.31. The highest BCUT2D eigenvalue weighted by molar-refractivity contribution is 6.32. The number of nitrogens with one attached hydrogen (secondary N) is 1. The first-order valence-corrected chi connectivity index (χ1v) is 8.49. The van der Waals surface area contributed by atoms with Crippen molar-refractivity contribution >= 4 is 11.6 Å². The molecule has 2 aromatic carbocycles. The average molecular weight is 331 g/mol. The summed E-state index contributed by atoms with van der Waals surface area (Å²) in [5.74, 6) is 0.791. The molecule has 1 fully saturated rings. The summed E-state index contributed by atoms with van der Waals surface area (Å²) in [6.45, 7) is 7.84. The Balaban J connectivity index is 1.67. The lowest BCUT2D eigenvalue weighted by atomic mass is 10.1. The SMILES string of the molecule is Cc1cc(CN2CCNCC2)cc(Cl)c1OCc1ccccc1. The maximum absolute atomic E-state index is 6.46. The van der Waals surface area contributed by atoms with Gasteiger partial charge in [-0.1, -0.05) is 48.0 Å². The second kappa shape index (κ2) is 7.82. The summed E-state index contributed by atoms with van der Waals surface area (Å²) in [6, 6.07) is 14.4. The minimum atomic E-state index is 0.540. The third kappa shape index (κ3) is 4.47. The first kappa shape index (κ1) is 16.3. The zero-order valence-corrected chi connectivity index (χ0v) is 14.3. The Morgan fingerprint density at radius 3 is 2.52 bits per heavy atom. The van der Waals surface area contributed by atoms with Gasteiger partial charge in [0.2, 0.25) is 0 Å². The average Bonchev–Trinajstić information content (AvgIpc) is 2.56. The first-order chi connectivity index (χ1) is 11.2. The summed E-state index contributed by atoms with van der Waals surface area (Å²) >= 11 is 6.46. The van der Waals surface area contributed by atoms with Crippen molar-refractivity contribution in [2.75, 3.05) is 26.2 Å². The van der Waals surface area contributed by atoms with Crippen molar-refractivity contribution in [3.63, 3.8) is 0 Å². The summed E-state index contributed by atoms with van der Waals surface area (Å²) < 4.78 is 5.94. The smallest absolute Gasteiger partial charge is 0.141 e. The van der Waals surface area contributed by atoms with Crippen molar-refractivity contribution in [2.45, 2.75) is 20.1 Å². The molecule has 1 heterocycles. The molecule has 0 aliphatic carbocycles. The predicted octanol–water partition coefficient (Wildman–Crippen LogP) is 3.63. The van der Waals surface area contributed by atoms with E-state index in [-0.39, 0.29) is 0 Å². The third-order valence-electron chi connectivity index (χ3n) is 4.13. The number of ether oxygens (including phenoxy) is 1. The highest BCUT2D eigenvalue weighted by atomic mass is 35.5. The molecule has 0 atom stereocenters. The van der Waals surface area contributed by atoms with Gasteiger partial charge < -0.3 is 10.1 Å². The Labute approximate surface area is 143 Å². The Kier molecular flexibility index (Phi) is 5.55. The Morgan fingerprint density at radius 1 is 1.09 bits per heavy atom. The normalized spacial score (nSPS) is 15.6. The molecule has 0 bridgehead atoms. The highest BCUT2D eigenvalue weighted by Gasteiger charge is 2.13. The molecule has 0 spiro atoms. The molecule has 0 aromatic heterocycles. The molecule has 0 saturated carbocycles. The van der Waals surface area contributed by atoms with Gasteiger partial charge in [0.15, 0.2) is 0 Å². The van der Waals surface area contributed by atoms with Gasteiger partial charge >= 0.3 is 0 Å². The fourth-order valence-electron chi connectivity index (χ4n) is 2.93. The Hall–Kier alpha value is -1.55. The summed E-state index contributed by atoms with van der Waals surface area (Å²) in [6.07, 6.45) is 0. The molecular formula is C19H23ClN2O. The molecule has 4 heteroatoms. The summed E-state index contributed by atoms with van der Waals surface area (Å²) in [5, 5.41) is 4.08. The molecular weight excluding hydrogens is 308 g/mol. The van der Waals surface area contributed by atoms with Gasteiger partial charge in [-0.05, 0) is 29.7 Å². The maximum atomic E-state index is 6.46. The number of benzene rings is 2. The molecule has 3 rings (SSSR count). The zero-order valence-electron chi connectivity index (χ0n) is 13.5. The van der Waals surface area contributed by atoms with Crippen molar-refractivity contribution in [1.82, 2.24) is 10.2 Å². The molecule has 2 aromatic rings. The molecule has 3 nitrogen and oxygen atoms in total. The maximum Gasteiger partial charge on any atom is 0.141 e. The van der Waals surface area contributed by atoms with Crippen LogP contribution in [-0.2, 0) is 13.2 Å². The molecule has 0 unspecified atom stereocenters. The monoisotopic (exact) mass is 330 g/mol. The minimum Gasteiger partial charge on any atom is -0.487 e. The lowest BCUT2D eigenvalue weighted by molar-refractivity contribution is 0.233. The van der Waals surface area contributed by atoms with Gasteiger partial charge in [0.25, 0.3) is 0 Å². The van der Waals surface area contributed by atoms with E-state index in [0.717, 1.165) is 49.6 Å². The van der Waals surface area contributed by atoms with E-state index in [4.69, 9.17) is 16.3 Å². The van der Waals surface area contributed by atoms with E-state index >= 15 is 0 Å². The Bertz CT molecular complexity index is 616. The zero-order chi connectivity index (χ0) is 16.1. The van der Waals surface area contributed by atoms with Crippen LogP contribution in [0.25, 0.3) is 0 Å². The topological polar surface area (TPSA) is 24.5 Å². The minimum absolute atomic E-state index is 0.540. The quantitative estimate of drug-likeness (QED) is 0.906. The number of hydrogen-bond acceptors (Lipinski definition) is 3. The fraction of sp³-hybridized carbons (Fsp3) is 0.368. The van der Waals surface area contributed by atoms with Gasteiger partial charge in [-0.25, -0.2) is 0 Å². The lowest BCUT2D eigenvalue weighted by Gasteiger charge is -2.27. The standard InChI is InChI=1S/C19H23ClN2O/c1-15-11-17(13-22-9-7-21-8-10-22)12-18(20)19(15)23-14-16-5-3-2-4-6-16/h2-6,11-12,21H,7-10,13-14H2,1H3. The first-order valence-electron chi connectivity index (χ1n) is 8.11. The molecule has 1 aliphatic heterocycles. The third-order valence-corrected chi connectivity index (χ3v) is 4.41. The lowest BCUT2D eigenvalue weighted by Crippen LogP contribution is -2.42. The molecule has 1 N–H and O–H groups in total. The van der Waals surface area contributed by atoms with E-state index in [1.165, 1.54) is 5.56 Å². The van der Waals surface area contributed by atoms with E-state index in [1.54, 1.807) is 0 Å². The van der Waals surface area contributed by atoms with E-state index in [1.807, 2.05) is 24.3 Å². The molecule has 1 aliphatic rings. The molecule has 0 amide bonds. The van der Waals surface area contributed by atoms with E-state index < -0.39 is 0 Å². The largest absolute Gasteiger partial charge is 0.487 e. The molecule has 1 saturated heterocycles. The van der Waals surface area contributed by atoms with Gasteiger partial charge in [0.1, 0.15) is 12.4 Å². The number of piperazine rings is 1. The van der Waals surface area contributed by atoms with Crippen LogP contribution in [0.4, 0.5) is 0 Å². The van der Waals surface area contributed by atoms with Crippen LogP contribution >= 0.6 is 11.6 Å². The Morgan fingerprint density at radius 2 is 1.83 bits per heavy atom. The van der Waals surface area contributed by atoms with Crippen LogP contribution in [0.3, 0.4) is 0 Å². The van der Waals surface area contributed by atoms with Crippen LogP contribution in [0.15, 0.2) is 42.5 Å². The van der Waals surface area contributed by atoms with Gasteiger partial charge in [-0.2, -0.15) is 0 Å². The van der Waals surface area contributed by atoms with Crippen molar-refractivity contribution in [3.05, 3.63) is 64.2 Å². The number of hydrogen-bond donors (Lipinski definition) is 1. The van der Waals surface area contributed by atoms with Crippen molar-refractivity contribution in [1.29, 1.82) is 0 Å². The molecule has 122 valence electrons. The predicted molar refractivity (Wildman–Crippen MR) is 95.1 cm³/mol. The number of aryl methyl sites for hydroxylation is 1. The van der Waals surface area contributed by atoms with E-state index in [9.17, 15) is 0 Å². The van der Waals surface area contributed by atoms with Crippen LogP contribution in [-0.4, -0.2) is 31.1 Å². The van der Waals surface area contributed by atoms with Gasteiger partial charge in [-0.15, -0.1) is 0 Å². The van der Waals surface area contributed by atoms with Crippen molar-refractivity contribution in [2.24, 2.45) is 0 Å². The summed E-state index contributed by atoms with van der Waals surface area (Å²) in [5.41, 5.74) is 3.49. The van der Waals surface area contributed by atoms with Crippen LogP contribution < -0.4 is 10.1 Å². The van der Waals surface area contributed by atoms with E-state index in [0.29, 0.717) is 11.6 Å². The van der Waals surface area contributed by atoms with Gasteiger partial charge in [0.05, 0.1) is 5.02 Å². The second-order valence-corrected chi connectivity index (χ2v) is 6.43. The van der Waals surface area contributed by atoms with E-state index in [2.05, 4.69) is 35.3 Å². The summed E-state index contributed by atoms with van der Waals surface area (Å²) in [7, 11) is 0. The molecule has 23 heavy (non-hydrogen) atoms. The number of nitrogens with zero attached hydrogens (tertiary/aromatic N) is 1. The number of rotatable bonds is 5. The van der Waals surface area contributed by atoms with Gasteiger partial charge in [0, 0.05) is 32.7 Å². The van der Waals surface area contributed by atoms with Crippen LogP contribution in [0.1, 0.15) is 16.7 Å². The van der Waals surface area contributed by atoms with Crippen LogP contribution in [0, 0.1) is 6.92 Å². The van der Waals surface area contributed by atoms with Crippen LogP contribution in [0.5, 0.6) is 5.75 Å². The van der Waals surface area contributed by atoms with Crippen molar-refractivity contribution in [3.8, 4) is 5.75 Å². The number of halogens is 1. The summed E-state index contributed by atoms with van der Waals surface area (Å²) in [4.78, 5) is 2.45. The second-order valence-electron chi connectivity index (χ2n) is 6.02.